The lowest BCUT2D eigenvalue weighted by Crippen LogP contribution is -2.37. The minimum absolute atomic E-state index is 0.0631. The summed E-state index contributed by atoms with van der Waals surface area (Å²) in [5.41, 5.74) is 8.91. The number of alkyl halides is 4. The number of nitrogens with one attached hydrogen (secondary N) is 8. The molecule has 15 heterocycles. The maximum absolute atomic E-state index is 13.3. The van der Waals surface area contributed by atoms with Crippen molar-refractivity contribution < 1.29 is 66.0 Å². The number of allylic oxidation sites excluding steroid dienone is 2. The number of aromatic amines is 4. The van der Waals surface area contributed by atoms with Crippen molar-refractivity contribution in [1.29, 1.82) is 0 Å². The summed E-state index contributed by atoms with van der Waals surface area (Å²) in [5.74, 6) is -6.98. The molecule has 4 aliphatic carbocycles. The Morgan fingerprint density at radius 3 is 1.07 bits per heavy atom. The van der Waals surface area contributed by atoms with Crippen LogP contribution in [0.5, 0.6) is 0 Å². The molecule has 4 amide bonds. The summed E-state index contributed by atoms with van der Waals surface area (Å²) >= 11 is 5.34. The lowest BCUT2D eigenvalue weighted by molar-refractivity contribution is -0.123. The number of carbonyl (C=O) groups is 6. The van der Waals surface area contributed by atoms with Gasteiger partial charge in [0.15, 0.2) is 0 Å². The van der Waals surface area contributed by atoms with E-state index in [9.17, 15) is 46.2 Å². The Morgan fingerprint density at radius 1 is 0.483 bits per heavy atom. The molecular weight excluding hydrogens is 1650 g/mol. The summed E-state index contributed by atoms with van der Waals surface area (Å²) in [4.78, 5) is 101. The van der Waals surface area contributed by atoms with Crippen LogP contribution >= 0.6 is 45.3 Å². The number of carboxylic acid groups (broad SMARTS) is 2. The zero-order valence-electron chi connectivity index (χ0n) is 61.5. The van der Waals surface area contributed by atoms with Gasteiger partial charge in [-0.15, -0.1) is 45.3 Å². The van der Waals surface area contributed by atoms with Gasteiger partial charge in [0.25, 0.3) is 48.4 Å². The van der Waals surface area contributed by atoms with Crippen molar-refractivity contribution in [2.75, 3.05) is 21.3 Å². The van der Waals surface area contributed by atoms with Crippen LogP contribution in [0.1, 0.15) is 111 Å². The van der Waals surface area contributed by atoms with Crippen LogP contribution < -0.4 is 21.3 Å². The van der Waals surface area contributed by atoms with E-state index < -0.39 is 41.7 Å². The molecule has 610 valence electrons. The molecule has 0 radical (unpaired) electrons. The maximum atomic E-state index is 13.3. The molecule has 3 fully saturated rings. The second kappa shape index (κ2) is 36.6. The summed E-state index contributed by atoms with van der Waals surface area (Å²) in [6.45, 7) is 6.73. The smallest absolute Gasteiger partial charge is 0.318 e. The third-order valence-electron chi connectivity index (χ3n) is 18.1. The fourth-order valence-corrected chi connectivity index (χ4v) is 15.1. The number of carbonyl (C=O) groups excluding carboxylic acids is 4. The van der Waals surface area contributed by atoms with Gasteiger partial charge in [0.2, 0.25) is 0 Å². The van der Waals surface area contributed by atoms with Gasteiger partial charge in [0.05, 0.1) is 101 Å². The van der Waals surface area contributed by atoms with Gasteiger partial charge in [-0.1, -0.05) is 24.8 Å². The largest absolute Gasteiger partial charge is 0.483 e. The lowest BCUT2D eigenvalue weighted by atomic mass is 9.88. The minimum Gasteiger partial charge on any atom is -0.483 e. The molecule has 15 aromatic heterocycles. The SMILES string of the molecule is O=C(Nc1cn(C2C=C(F)C2)nc1-c1ccccn1)c1csc(-c2cn[nH]c2)n1.O=C(Nc1cn(C2CC(F)(F)C2)nc1-c1ccccn1)c1csc(-c2cn[nH]c2)n1.O=C(Nc1cn(C2CC(F)(F)C2)nc1-c1ccccn1)c1csc(-c2cn[nH]c2)n1.O=CO.O=CO.[C-]#[N+]c1nn(C2CC(O)C2)cc1NC(=O)c1csc(-c2cn[nH]c2)n1. The third-order valence-corrected chi connectivity index (χ3v) is 21.7. The molecular formula is C74H61F5N28O9S4. The molecule has 0 aliphatic heterocycles. The van der Waals surface area contributed by atoms with Crippen LogP contribution in [0.3, 0.4) is 0 Å². The summed E-state index contributed by atoms with van der Waals surface area (Å²) in [5, 5.41) is 87.6. The van der Waals surface area contributed by atoms with E-state index in [4.69, 9.17) is 26.4 Å². The molecule has 1 unspecified atom stereocenters. The van der Waals surface area contributed by atoms with Gasteiger partial charge in [-0.25, -0.2) is 41.9 Å². The van der Waals surface area contributed by atoms with Gasteiger partial charge in [0, 0.05) is 138 Å². The van der Waals surface area contributed by atoms with Gasteiger partial charge in [-0.3, -0.25) is 78.2 Å². The Hall–Kier alpha value is -14.7. The van der Waals surface area contributed by atoms with Crippen molar-refractivity contribution in [3.63, 3.8) is 0 Å². The summed E-state index contributed by atoms with van der Waals surface area (Å²) in [7, 11) is 0. The quantitative estimate of drug-likeness (QED) is 0.0203. The average Bonchev–Trinajstić information content (AvgIpc) is 1.53. The second-order valence-electron chi connectivity index (χ2n) is 26.3. The molecule has 0 saturated heterocycles. The molecule has 0 bridgehead atoms. The number of amides is 4. The average molecular weight is 1710 g/mol. The maximum Gasteiger partial charge on any atom is 0.318 e. The second-order valence-corrected chi connectivity index (χ2v) is 29.8. The van der Waals surface area contributed by atoms with Crippen molar-refractivity contribution in [1.82, 2.24) is 115 Å². The van der Waals surface area contributed by atoms with E-state index in [1.54, 1.807) is 172 Å². The first-order valence-electron chi connectivity index (χ1n) is 35.6. The predicted molar refractivity (Wildman–Crippen MR) is 426 cm³/mol. The van der Waals surface area contributed by atoms with Gasteiger partial charge >= 0.3 is 5.82 Å². The van der Waals surface area contributed by atoms with E-state index in [0.717, 1.165) is 22.3 Å². The molecule has 46 heteroatoms. The highest BCUT2D eigenvalue weighted by molar-refractivity contribution is 7.14. The van der Waals surface area contributed by atoms with E-state index in [-0.39, 0.29) is 97.9 Å². The van der Waals surface area contributed by atoms with Gasteiger partial charge in [-0.05, 0) is 60.4 Å². The number of rotatable bonds is 19. The Kier molecular flexibility index (Phi) is 25.0. The summed E-state index contributed by atoms with van der Waals surface area (Å²) in [6.07, 6.45) is 26.3. The number of hydrogen-bond donors (Lipinski definition) is 11. The van der Waals surface area contributed by atoms with E-state index in [1.807, 2.05) is 6.07 Å². The molecule has 120 heavy (non-hydrogen) atoms. The highest BCUT2D eigenvalue weighted by Gasteiger charge is 2.48. The van der Waals surface area contributed by atoms with Gasteiger partial charge in [-0.2, -0.15) is 40.4 Å². The number of aliphatic hydroxyl groups is 1. The molecule has 19 rings (SSSR count). The van der Waals surface area contributed by atoms with Crippen LogP contribution in [0.15, 0.2) is 181 Å². The number of aliphatic hydroxyl groups excluding tert-OH is 1. The molecule has 3 saturated carbocycles. The van der Waals surface area contributed by atoms with Crippen molar-refractivity contribution in [3.8, 4) is 76.4 Å². The molecule has 15 aromatic rings. The fraction of sp³-hybridized carbons (Fsp3) is 0.189. The normalized spacial score (nSPS) is 15.8. The number of aromatic nitrogens is 23. The summed E-state index contributed by atoms with van der Waals surface area (Å²) < 4.78 is 72.7. The van der Waals surface area contributed by atoms with E-state index in [2.05, 4.69) is 122 Å². The zero-order chi connectivity index (χ0) is 84.0. The van der Waals surface area contributed by atoms with Crippen molar-refractivity contribution in [2.45, 2.75) is 87.1 Å². The monoisotopic (exact) mass is 1710 g/mol. The number of hydrogen-bond acceptors (Lipinski definition) is 26. The Morgan fingerprint density at radius 2 is 0.792 bits per heavy atom. The number of anilines is 4. The first kappa shape index (κ1) is 81.9. The Labute approximate surface area is 687 Å². The molecule has 37 nitrogen and oxygen atoms in total. The van der Waals surface area contributed by atoms with Crippen LogP contribution in [0.2, 0.25) is 0 Å². The minimum atomic E-state index is -2.67. The van der Waals surface area contributed by atoms with Crippen LogP contribution in [0.4, 0.5) is 50.5 Å². The first-order valence-corrected chi connectivity index (χ1v) is 39.1. The fourth-order valence-electron chi connectivity index (χ4n) is 12.0. The number of thiazole rings is 4. The van der Waals surface area contributed by atoms with Crippen LogP contribution in [-0.2, 0) is 9.59 Å². The molecule has 11 N–H and O–H groups in total. The van der Waals surface area contributed by atoms with Crippen LogP contribution in [-0.4, -0.2) is 185 Å². The number of nitrogens with zero attached hydrogens (tertiary/aromatic N) is 20. The topological polar surface area (TPSA) is 492 Å². The molecule has 1 atom stereocenters. The first-order chi connectivity index (χ1) is 58.1. The van der Waals surface area contributed by atoms with E-state index >= 15 is 0 Å². The van der Waals surface area contributed by atoms with Gasteiger partial charge < -0.3 is 41.4 Å². The van der Waals surface area contributed by atoms with Crippen LogP contribution in [0, 0.1) is 6.57 Å². The number of H-pyrrole nitrogens is 4. The highest BCUT2D eigenvalue weighted by Crippen LogP contribution is 2.48. The van der Waals surface area contributed by atoms with Crippen LogP contribution in [0.25, 0.3) is 81.3 Å². The molecule has 0 aromatic carbocycles. The van der Waals surface area contributed by atoms with Crippen molar-refractivity contribution >= 4 is 110 Å². The number of halogens is 5. The van der Waals surface area contributed by atoms with E-state index in [0.29, 0.717) is 95.5 Å². The van der Waals surface area contributed by atoms with E-state index in [1.165, 1.54) is 60.8 Å². The molecule has 0 spiro atoms. The lowest BCUT2D eigenvalue weighted by Gasteiger charge is -2.34. The van der Waals surface area contributed by atoms with Crippen molar-refractivity contribution in [2.24, 2.45) is 0 Å². The summed E-state index contributed by atoms with van der Waals surface area (Å²) in [6, 6.07) is 15.1. The van der Waals surface area contributed by atoms with Gasteiger partial charge in [0.1, 0.15) is 65.7 Å². The highest BCUT2D eigenvalue weighted by atomic mass is 32.1. The third kappa shape index (κ3) is 19.5. The zero-order valence-corrected chi connectivity index (χ0v) is 64.8. The Balaban J connectivity index is 0.000000128. The molecule has 4 aliphatic rings. The number of pyridine rings is 3. The predicted octanol–water partition coefficient (Wildman–Crippen LogP) is 13.5. The van der Waals surface area contributed by atoms with Crippen molar-refractivity contribution in [3.05, 3.63) is 215 Å². The Bertz CT molecular complexity index is 5890. The standard InChI is InChI=1S/2C19H15F2N7OS.C19H14FN7OS.C15H13N7O2S.2CH2O2/c2*20-19(21)5-12(6-19)28-9-14(16(27-28)13-3-1-2-4-22-13)25-17(29)15-10-30-18(26-15)11-7-23-24-8-11;20-12-5-13(6-12)27-9-15(17(26-27)14-3-1-2-4-21-14)24-18(28)16-10-29-19(25-16)11-7-22-23-8-11;1-16-13-11(6-22(21-13)9-2-10(23)3-9)19-14(24)12-7-25-15(20-12)8-4-17-18-5-8;2*2-1-3/h2*1-4,7-10,12H,5-6H2,(H,23,24)(H,25,29);1-5,7-10,13H,6H2,(H,22,23)(H,24,28);4-7,9-10,23H,2-3H2,(H,17,18)(H,19,24);2*1H,(H,2,3).